The van der Waals surface area contributed by atoms with Gasteiger partial charge in [0.15, 0.2) is 5.69 Å². The van der Waals surface area contributed by atoms with Gasteiger partial charge in [-0.25, -0.2) is 14.6 Å². The number of carboxylic acid groups (broad SMARTS) is 1. The molecule has 1 aliphatic carbocycles. The van der Waals surface area contributed by atoms with E-state index in [-0.39, 0.29) is 24.8 Å². The van der Waals surface area contributed by atoms with Crippen LogP contribution in [0, 0.1) is 5.41 Å². The smallest absolute Gasteiger partial charge is 0.407 e. The number of thiazole rings is 1. The Hall–Kier alpha value is -3.72. The number of carbonyl (C=O) groups excluding carboxylic acids is 2. The molecule has 2 aromatic carbocycles. The Balaban J connectivity index is 1.39. The normalized spacial score (nSPS) is 13.5. The molecule has 1 aliphatic rings. The van der Waals surface area contributed by atoms with Crippen LogP contribution in [0.1, 0.15) is 53.3 Å². The van der Waals surface area contributed by atoms with Gasteiger partial charge in [0, 0.05) is 11.3 Å². The maximum atomic E-state index is 12.9. The molecule has 1 aromatic heterocycles. The van der Waals surface area contributed by atoms with Crippen molar-refractivity contribution in [2.75, 3.05) is 6.61 Å². The predicted molar refractivity (Wildman–Crippen MR) is 132 cm³/mol. The highest BCUT2D eigenvalue weighted by molar-refractivity contribution is 7.09. The molecule has 0 spiro atoms. The van der Waals surface area contributed by atoms with Crippen LogP contribution in [0.15, 0.2) is 53.9 Å². The third-order valence-electron chi connectivity index (χ3n) is 5.92. The molecule has 3 aromatic rings. The molecule has 2 amide bonds. The molecule has 0 unspecified atom stereocenters. The molecule has 0 aliphatic heterocycles. The van der Waals surface area contributed by atoms with Crippen molar-refractivity contribution >= 4 is 29.3 Å². The number of carbonyl (C=O) groups is 3. The number of alkyl carbamates (subject to hydrolysis) is 1. The summed E-state index contributed by atoms with van der Waals surface area (Å²) in [4.78, 5) is 40.6. The Kier molecular flexibility index (Phi) is 6.88. The number of hydrogen-bond donors (Lipinski definition) is 3. The van der Waals surface area contributed by atoms with E-state index < -0.39 is 29.4 Å². The predicted octanol–water partition coefficient (Wildman–Crippen LogP) is 4.41. The molecule has 9 heteroatoms. The fourth-order valence-electron chi connectivity index (χ4n) is 4.19. The van der Waals surface area contributed by atoms with Gasteiger partial charge < -0.3 is 20.5 Å². The molecule has 35 heavy (non-hydrogen) atoms. The Morgan fingerprint density at radius 1 is 1.06 bits per heavy atom. The average molecular weight is 494 g/mol. The Morgan fingerprint density at radius 3 is 2.20 bits per heavy atom. The number of amides is 2. The van der Waals surface area contributed by atoms with Crippen LogP contribution < -0.4 is 10.6 Å². The van der Waals surface area contributed by atoms with E-state index in [0.717, 1.165) is 33.6 Å². The van der Waals surface area contributed by atoms with Crippen LogP contribution in [0.2, 0.25) is 0 Å². The van der Waals surface area contributed by atoms with Gasteiger partial charge in [-0.3, -0.25) is 4.79 Å². The zero-order valence-electron chi connectivity index (χ0n) is 19.7. The van der Waals surface area contributed by atoms with Crippen molar-refractivity contribution in [3.05, 3.63) is 75.7 Å². The van der Waals surface area contributed by atoms with Crippen LogP contribution in [0.5, 0.6) is 0 Å². The molecule has 0 bridgehead atoms. The largest absolute Gasteiger partial charge is 0.476 e. The van der Waals surface area contributed by atoms with Crippen molar-refractivity contribution in [3.63, 3.8) is 0 Å². The number of ether oxygens (including phenoxy) is 1. The second kappa shape index (κ2) is 9.87. The maximum Gasteiger partial charge on any atom is 0.407 e. The zero-order valence-corrected chi connectivity index (χ0v) is 20.5. The minimum absolute atomic E-state index is 0.0652. The van der Waals surface area contributed by atoms with Gasteiger partial charge in [0.25, 0.3) is 0 Å². The number of carboxylic acids is 1. The Bertz CT molecular complexity index is 1220. The number of benzene rings is 2. The van der Waals surface area contributed by atoms with E-state index in [0.29, 0.717) is 5.01 Å². The summed E-state index contributed by atoms with van der Waals surface area (Å²) in [5.41, 5.74) is 3.83. The quantitative estimate of drug-likeness (QED) is 0.449. The second-order valence-electron chi connectivity index (χ2n) is 9.42. The number of rotatable bonds is 7. The molecule has 0 radical (unpaired) electrons. The monoisotopic (exact) mass is 493 g/mol. The van der Waals surface area contributed by atoms with Crippen LogP contribution in [0.3, 0.4) is 0 Å². The standard InChI is InChI=1S/C26H27N3O5S/c1-26(2,3)22(23(30)27-12-21-28-20(14-35-21)24(31)32)29-25(33)34-13-19-17-10-6-4-8-15(17)16-9-5-7-11-18(16)19/h4-11,14,19,22H,12-13H2,1-3H3,(H,27,30)(H,29,33)(H,31,32)/t22-/m0/s1. The summed E-state index contributed by atoms with van der Waals surface area (Å²) in [6, 6.07) is 15.3. The Labute approximate surface area is 207 Å². The molecular weight excluding hydrogens is 466 g/mol. The minimum Gasteiger partial charge on any atom is -0.476 e. The van der Waals surface area contributed by atoms with Gasteiger partial charge in [-0.05, 0) is 27.7 Å². The Morgan fingerprint density at radius 2 is 1.66 bits per heavy atom. The van der Waals surface area contributed by atoms with Gasteiger partial charge in [0.2, 0.25) is 5.91 Å². The van der Waals surface area contributed by atoms with Crippen molar-refractivity contribution in [3.8, 4) is 11.1 Å². The maximum absolute atomic E-state index is 12.9. The summed E-state index contributed by atoms with van der Waals surface area (Å²) in [5.74, 6) is -1.61. The first kappa shape index (κ1) is 24.4. The van der Waals surface area contributed by atoms with Gasteiger partial charge >= 0.3 is 12.1 Å². The van der Waals surface area contributed by atoms with Crippen LogP contribution in [0.4, 0.5) is 4.79 Å². The minimum atomic E-state index is -1.12. The average Bonchev–Trinajstić information content (AvgIpc) is 3.42. The molecule has 182 valence electrons. The lowest BCUT2D eigenvalue weighted by atomic mass is 9.86. The highest BCUT2D eigenvalue weighted by Gasteiger charge is 2.34. The highest BCUT2D eigenvalue weighted by atomic mass is 32.1. The number of nitrogens with one attached hydrogen (secondary N) is 2. The van der Waals surface area contributed by atoms with Gasteiger partial charge in [-0.2, -0.15) is 0 Å². The summed E-state index contributed by atoms with van der Waals surface area (Å²) in [6.45, 7) is 5.73. The van der Waals surface area contributed by atoms with Crippen LogP contribution in [-0.4, -0.2) is 40.7 Å². The van der Waals surface area contributed by atoms with Crippen molar-refractivity contribution in [2.24, 2.45) is 5.41 Å². The molecule has 8 nitrogen and oxygen atoms in total. The molecular formula is C26H27N3O5S. The van der Waals surface area contributed by atoms with Gasteiger partial charge in [0.1, 0.15) is 17.7 Å². The van der Waals surface area contributed by atoms with Crippen LogP contribution >= 0.6 is 11.3 Å². The summed E-state index contributed by atoms with van der Waals surface area (Å²) in [7, 11) is 0. The third-order valence-corrected chi connectivity index (χ3v) is 6.77. The van der Waals surface area contributed by atoms with Gasteiger partial charge in [-0.1, -0.05) is 69.3 Å². The lowest BCUT2D eigenvalue weighted by molar-refractivity contribution is -0.125. The first-order valence-corrected chi connectivity index (χ1v) is 12.1. The third kappa shape index (κ3) is 5.35. The topological polar surface area (TPSA) is 118 Å². The fourth-order valence-corrected chi connectivity index (χ4v) is 4.90. The summed E-state index contributed by atoms with van der Waals surface area (Å²) >= 11 is 1.15. The van der Waals surface area contributed by atoms with Gasteiger partial charge in [0.05, 0.1) is 6.54 Å². The van der Waals surface area contributed by atoms with Gasteiger partial charge in [-0.15, -0.1) is 11.3 Å². The lowest BCUT2D eigenvalue weighted by Crippen LogP contribution is -2.53. The van der Waals surface area contributed by atoms with E-state index in [2.05, 4.69) is 27.8 Å². The van der Waals surface area contributed by atoms with E-state index >= 15 is 0 Å². The molecule has 1 heterocycles. The van der Waals surface area contributed by atoms with E-state index in [1.54, 1.807) is 0 Å². The number of aromatic carboxylic acids is 1. The SMILES string of the molecule is CC(C)(C)[C@@H](NC(=O)OCC1c2ccccc2-c2ccccc21)C(=O)NCc1nc(C(=O)O)cs1. The van der Waals surface area contributed by atoms with Crippen molar-refractivity contribution in [2.45, 2.75) is 39.3 Å². The summed E-state index contributed by atoms with van der Waals surface area (Å²) in [5, 5.41) is 16.3. The first-order chi connectivity index (χ1) is 16.6. The van der Waals surface area contributed by atoms with E-state index in [1.165, 1.54) is 5.38 Å². The molecule has 0 fully saturated rings. The van der Waals surface area contributed by atoms with E-state index in [1.807, 2.05) is 57.2 Å². The highest BCUT2D eigenvalue weighted by Crippen LogP contribution is 2.44. The molecule has 4 rings (SSSR count). The summed E-state index contributed by atoms with van der Waals surface area (Å²) < 4.78 is 5.60. The number of nitrogens with zero attached hydrogens (tertiary/aromatic N) is 1. The zero-order chi connectivity index (χ0) is 25.2. The first-order valence-electron chi connectivity index (χ1n) is 11.2. The van der Waals surface area contributed by atoms with E-state index in [4.69, 9.17) is 9.84 Å². The fraction of sp³-hybridized carbons (Fsp3) is 0.308. The van der Waals surface area contributed by atoms with Crippen LogP contribution in [-0.2, 0) is 16.1 Å². The molecule has 0 saturated heterocycles. The molecule has 0 saturated carbocycles. The number of hydrogen-bond acceptors (Lipinski definition) is 6. The molecule has 1 atom stereocenters. The summed E-state index contributed by atoms with van der Waals surface area (Å²) in [6.07, 6.45) is -0.677. The number of fused-ring (bicyclic) bond motifs is 3. The van der Waals surface area contributed by atoms with E-state index in [9.17, 15) is 14.4 Å². The van der Waals surface area contributed by atoms with Crippen molar-refractivity contribution in [1.29, 1.82) is 0 Å². The van der Waals surface area contributed by atoms with Crippen molar-refractivity contribution < 1.29 is 24.2 Å². The lowest BCUT2D eigenvalue weighted by Gasteiger charge is -2.30. The van der Waals surface area contributed by atoms with Crippen molar-refractivity contribution in [1.82, 2.24) is 15.6 Å². The number of aromatic nitrogens is 1. The van der Waals surface area contributed by atoms with Crippen LogP contribution in [0.25, 0.3) is 11.1 Å². The second-order valence-corrected chi connectivity index (χ2v) is 10.4. The molecule has 3 N–H and O–H groups in total.